The van der Waals surface area contributed by atoms with Crippen LogP contribution >= 0.6 is 39.0 Å². The Morgan fingerprint density at radius 2 is 1.90 bits per heavy atom. The van der Waals surface area contributed by atoms with Crippen LogP contribution in [0.2, 0.25) is 0 Å². The van der Waals surface area contributed by atoms with Gasteiger partial charge in [0, 0.05) is 10.0 Å². The predicted molar refractivity (Wildman–Crippen MR) is 125 cm³/mol. The number of benzene rings is 2. The van der Waals surface area contributed by atoms with E-state index in [0.29, 0.717) is 17.3 Å². The topological polar surface area (TPSA) is 57.0 Å². The molecule has 0 saturated heterocycles. The summed E-state index contributed by atoms with van der Waals surface area (Å²) in [6, 6.07) is 19.3. The second-order valence-electron chi connectivity index (χ2n) is 6.24. The van der Waals surface area contributed by atoms with Crippen LogP contribution in [0, 0.1) is 0 Å². The quantitative estimate of drug-likeness (QED) is 0.215. The molecular formula is C22H18BrN3O2S2. The van der Waals surface area contributed by atoms with Gasteiger partial charge in [-0.05, 0) is 48.7 Å². The number of halogens is 1. The zero-order chi connectivity index (χ0) is 20.9. The van der Waals surface area contributed by atoms with Crippen molar-refractivity contribution in [3.63, 3.8) is 0 Å². The van der Waals surface area contributed by atoms with Gasteiger partial charge in [0.1, 0.15) is 5.75 Å². The van der Waals surface area contributed by atoms with E-state index in [2.05, 4.69) is 26.1 Å². The molecule has 0 radical (unpaired) electrons. The van der Waals surface area contributed by atoms with Crippen molar-refractivity contribution >= 4 is 44.8 Å². The molecule has 0 N–H and O–H groups in total. The zero-order valence-corrected chi connectivity index (χ0v) is 19.3. The lowest BCUT2D eigenvalue weighted by Gasteiger charge is -2.11. The van der Waals surface area contributed by atoms with E-state index in [9.17, 15) is 4.79 Å². The van der Waals surface area contributed by atoms with E-state index in [1.54, 1.807) is 11.3 Å². The normalized spacial score (nSPS) is 10.9. The van der Waals surface area contributed by atoms with Crippen molar-refractivity contribution in [2.24, 2.45) is 0 Å². The Hall–Kier alpha value is -2.42. The standard InChI is InChI=1S/C22H18BrN3O2S2/c1-2-28-16-11-9-15(10-12-16)26-21(20-8-5-13-29-20)24-25-22(26)30-14-19(27)17-6-3-4-7-18(17)23/h3-13H,2,14H2,1H3. The van der Waals surface area contributed by atoms with Gasteiger partial charge < -0.3 is 4.74 Å². The predicted octanol–water partition coefficient (Wildman–Crippen LogP) is 6.13. The average Bonchev–Trinajstić information content (AvgIpc) is 3.43. The number of aromatic nitrogens is 3. The molecule has 0 aliphatic rings. The number of hydrogen-bond acceptors (Lipinski definition) is 6. The molecule has 2 aromatic heterocycles. The Kier molecular flexibility index (Phi) is 6.66. The summed E-state index contributed by atoms with van der Waals surface area (Å²) in [6.07, 6.45) is 0. The molecule has 0 unspecified atom stereocenters. The number of Topliss-reactive ketones (excluding diaryl/α,β-unsaturated/α-hetero) is 1. The first-order valence-electron chi connectivity index (χ1n) is 9.30. The summed E-state index contributed by atoms with van der Waals surface area (Å²) in [7, 11) is 0. The molecule has 4 aromatic rings. The van der Waals surface area contributed by atoms with Crippen molar-refractivity contribution in [1.29, 1.82) is 0 Å². The lowest BCUT2D eigenvalue weighted by atomic mass is 10.1. The number of ether oxygens (including phenoxy) is 1. The van der Waals surface area contributed by atoms with Gasteiger partial charge in [0.25, 0.3) is 0 Å². The molecule has 0 aliphatic carbocycles. The fourth-order valence-electron chi connectivity index (χ4n) is 2.91. The van der Waals surface area contributed by atoms with Crippen molar-refractivity contribution < 1.29 is 9.53 Å². The highest BCUT2D eigenvalue weighted by Gasteiger charge is 2.19. The first-order chi connectivity index (χ1) is 14.7. The molecule has 0 aliphatic heterocycles. The Labute approximate surface area is 191 Å². The average molecular weight is 500 g/mol. The minimum Gasteiger partial charge on any atom is -0.494 e. The SMILES string of the molecule is CCOc1ccc(-n2c(SCC(=O)c3ccccc3Br)nnc2-c2cccs2)cc1. The molecular weight excluding hydrogens is 482 g/mol. The van der Waals surface area contributed by atoms with E-state index >= 15 is 0 Å². The summed E-state index contributed by atoms with van der Waals surface area (Å²) in [6.45, 7) is 2.57. The Bertz CT molecular complexity index is 1140. The Balaban J connectivity index is 1.65. The van der Waals surface area contributed by atoms with Crippen LogP contribution in [0.15, 0.2) is 75.7 Å². The monoisotopic (exact) mass is 499 g/mol. The second kappa shape index (κ2) is 9.59. The Morgan fingerprint density at radius 3 is 2.60 bits per heavy atom. The van der Waals surface area contributed by atoms with Crippen molar-refractivity contribution in [2.45, 2.75) is 12.1 Å². The molecule has 152 valence electrons. The summed E-state index contributed by atoms with van der Waals surface area (Å²) >= 11 is 6.43. The number of thiophene rings is 1. The van der Waals surface area contributed by atoms with Crippen LogP contribution in [0.5, 0.6) is 5.75 Å². The molecule has 2 aromatic carbocycles. The van der Waals surface area contributed by atoms with Crippen LogP contribution in [-0.4, -0.2) is 32.9 Å². The number of thioether (sulfide) groups is 1. The molecule has 0 bridgehead atoms. The van der Waals surface area contributed by atoms with Gasteiger partial charge in [0.2, 0.25) is 0 Å². The maximum atomic E-state index is 12.7. The van der Waals surface area contributed by atoms with Crippen LogP contribution in [0.3, 0.4) is 0 Å². The molecule has 30 heavy (non-hydrogen) atoms. The van der Waals surface area contributed by atoms with Crippen LogP contribution < -0.4 is 4.74 Å². The molecule has 0 atom stereocenters. The maximum absolute atomic E-state index is 12.7. The van der Waals surface area contributed by atoms with Gasteiger partial charge in [-0.2, -0.15) is 0 Å². The Morgan fingerprint density at radius 1 is 1.10 bits per heavy atom. The van der Waals surface area contributed by atoms with Gasteiger partial charge in [0.15, 0.2) is 16.8 Å². The second-order valence-corrected chi connectivity index (χ2v) is 8.98. The molecule has 4 rings (SSSR count). The van der Waals surface area contributed by atoms with Crippen molar-refractivity contribution in [1.82, 2.24) is 14.8 Å². The first kappa shape index (κ1) is 20.8. The van der Waals surface area contributed by atoms with E-state index in [-0.39, 0.29) is 11.5 Å². The smallest absolute Gasteiger partial charge is 0.196 e. The van der Waals surface area contributed by atoms with E-state index in [0.717, 1.165) is 26.6 Å². The molecule has 0 amide bonds. The third kappa shape index (κ3) is 4.50. The summed E-state index contributed by atoms with van der Waals surface area (Å²) in [5, 5.41) is 11.5. The molecule has 0 spiro atoms. The van der Waals surface area contributed by atoms with E-state index in [4.69, 9.17) is 4.74 Å². The number of hydrogen-bond donors (Lipinski definition) is 0. The third-order valence-electron chi connectivity index (χ3n) is 4.29. The van der Waals surface area contributed by atoms with Crippen molar-refractivity contribution in [3.05, 3.63) is 76.1 Å². The number of carbonyl (C=O) groups is 1. The molecule has 0 fully saturated rings. The number of carbonyl (C=O) groups excluding carboxylic acids is 1. The maximum Gasteiger partial charge on any atom is 0.196 e. The van der Waals surface area contributed by atoms with Crippen LogP contribution in [0.25, 0.3) is 16.4 Å². The highest BCUT2D eigenvalue weighted by atomic mass is 79.9. The fraction of sp³-hybridized carbons (Fsp3) is 0.136. The lowest BCUT2D eigenvalue weighted by Crippen LogP contribution is -2.05. The van der Waals surface area contributed by atoms with E-state index in [1.165, 1.54) is 11.8 Å². The van der Waals surface area contributed by atoms with E-state index in [1.807, 2.05) is 77.5 Å². The molecule has 8 heteroatoms. The number of nitrogens with zero attached hydrogens (tertiary/aromatic N) is 3. The summed E-state index contributed by atoms with van der Waals surface area (Å²) in [5.74, 6) is 1.86. The molecule has 0 saturated carbocycles. The van der Waals surface area contributed by atoms with Gasteiger partial charge in [0.05, 0.1) is 22.9 Å². The van der Waals surface area contributed by atoms with Crippen molar-refractivity contribution in [3.8, 4) is 22.1 Å². The summed E-state index contributed by atoms with van der Waals surface area (Å²) in [5.41, 5.74) is 1.58. The van der Waals surface area contributed by atoms with Crippen LogP contribution in [0.1, 0.15) is 17.3 Å². The van der Waals surface area contributed by atoms with Gasteiger partial charge in [-0.15, -0.1) is 21.5 Å². The summed E-state index contributed by atoms with van der Waals surface area (Å²) in [4.78, 5) is 13.7. The number of ketones is 1. The van der Waals surface area contributed by atoms with Crippen LogP contribution in [0.4, 0.5) is 0 Å². The third-order valence-corrected chi connectivity index (χ3v) is 6.77. The fourth-order valence-corrected chi connectivity index (χ4v) is 4.95. The van der Waals surface area contributed by atoms with Gasteiger partial charge in [-0.1, -0.05) is 52.0 Å². The van der Waals surface area contributed by atoms with Gasteiger partial charge in [-0.3, -0.25) is 9.36 Å². The minimum absolute atomic E-state index is 0.0337. The highest BCUT2D eigenvalue weighted by molar-refractivity contribution is 9.10. The summed E-state index contributed by atoms with van der Waals surface area (Å²) < 4.78 is 8.34. The van der Waals surface area contributed by atoms with Crippen molar-refractivity contribution in [2.75, 3.05) is 12.4 Å². The highest BCUT2D eigenvalue weighted by Crippen LogP contribution is 2.31. The lowest BCUT2D eigenvalue weighted by molar-refractivity contribution is 0.102. The largest absolute Gasteiger partial charge is 0.494 e. The van der Waals surface area contributed by atoms with Gasteiger partial charge >= 0.3 is 0 Å². The van der Waals surface area contributed by atoms with Crippen LogP contribution in [-0.2, 0) is 0 Å². The van der Waals surface area contributed by atoms with E-state index < -0.39 is 0 Å². The minimum atomic E-state index is 0.0337. The zero-order valence-electron chi connectivity index (χ0n) is 16.1. The molecule has 5 nitrogen and oxygen atoms in total. The first-order valence-corrected chi connectivity index (χ1v) is 12.0. The molecule has 2 heterocycles. The van der Waals surface area contributed by atoms with Gasteiger partial charge in [-0.25, -0.2) is 0 Å². The number of rotatable bonds is 8.